The number of fused-ring (bicyclic) bond motifs is 2. The number of para-hydroxylation sites is 1. The molecule has 0 aliphatic carbocycles. The SMILES string of the molecule is CCc1nc2c(C)cc(-c3cn4c(n3)CCCC4)cc2n1Cc1ccc(-c2ccccc2NC(=O)C(F)(F)F)cc1. The number of hydrogen-bond acceptors (Lipinski definition) is 3. The molecule has 0 fully saturated rings. The minimum atomic E-state index is -4.96. The first-order valence-corrected chi connectivity index (χ1v) is 13.8. The summed E-state index contributed by atoms with van der Waals surface area (Å²) >= 11 is 0. The molecule has 0 unspecified atom stereocenters. The molecule has 1 N–H and O–H groups in total. The number of halogens is 3. The van der Waals surface area contributed by atoms with E-state index < -0.39 is 12.1 Å². The van der Waals surface area contributed by atoms with Gasteiger partial charge in [0.1, 0.15) is 11.6 Å². The highest BCUT2D eigenvalue weighted by Gasteiger charge is 2.39. The summed E-state index contributed by atoms with van der Waals surface area (Å²) in [6.07, 6.45) is 1.33. The first kappa shape index (κ1) is 26.8. The largest absolute Gasteiger partial charge is 0.471 e. The summed E-state index contributed by atoms with van der Waals surface area (Å²) in [7, 11) is 0. The van der Waals surface area contributed by atoms with Crippen molar-refractivity contribution in [1.29, 1.82) is 0 Å². The average molecular weight is 558 g/mol. The van der Waals surface area contributed by atoms with Crippen LogP contribution in [0.1, 0.15) is 42.5 Å². The topological polar surface area (TPSA) is 64.7 Å². The molecule has 6 nitrogen and oxygen atoms in total. The van der Waals surface area contributed by atoms with Gasteiger partial charge in [0.15, 0.2) is 0 Å². The fourth-order valence-electron chi connectivity index (χ4n) is 5.60. The van der Waals surface area contributed by atoms with E-state index in [2.05, 4.69) is 41.3 Å². The van der Waals surface area contributed by atoms with E-state index in [0.29, 0.717) is 17.7 Å². The predicted molar refractivity (Wildman–Crippen MR) is 154 cm³/mol. The second kappa shape index (κ2) is 10.5. The van der Waals surface area contributed by atoms with Crippen molar-refractivity contribution in [2.24, 2.45) is 0 Å². The Morgan fingerprint density at radius 1 is 1.00 bits per heavy atom. The maximum absolute atomic E-state index is 12.9. The summed E-state index contributed by atoms with van der Waals surface area (Å²) < 4.78 is 43.0. The van der Waals surface area contributed by atoms with Crippen molar-refractivity contribution < 1.29 is 18.0 Å². The van der Waals surface area contributed by atoms with E-state index >= 15 is 0 Å². The molecule has 0 radical (unpaired) electrons. The lowest BCUT2D eigenvalue weighted by molar-refractivity contribution is -0.167. The third-order valence-corrected chi connectivity index (χ3v) is 7.68. The molecular weight excluding hydrogens is 527 g/mol. The molecule has 0 atom stereocenters. The zero-order chi connectivity index (χ0) is 28.7. The van der Waals surface area contributed by atoms with Crippen molar-refractivity contribution in [3.8, 4) is 22.4 Å². The Morgan fingerprint density at radius 2 is 1.78 bits per heavy atom. The van der Waals surface area contributed by atoms with Gasteiger partial charge in [0.25, 0.3) is 0 Å². The highest BCUT2D eigenvalue weighted by molar-refractivity contribution is 5.98. The maximum atomic E-state index is 12.9. The van der Waals surface area contributed by atoms with Gasteiger partial charge >= 0.3 is 12.1 Å². The summed E-state index contributed by atoms with van der Waals surface area (Å²) in [5.41, 5.74) is 7.55. The van der Waals surface area contributed by atoms with Crippen molar-refractivity contribution in [2.45, 2.75) is 58.8 Å². The molecule has 3 heterocycles. The smallest absolute Gasteiger partial charge is 0.334 e. The number of alkyl halides is 3. The number of aromatic nitrogens is 4. The zero-order valence-corrected chi connectivity index (χ0v) is 22.9. The van der Waals surface area contributed by atoms with Gasteiger partial charge in [-0.05, 0) is 54.7 Å². The number of nitrogens with one attached hydrogen (secondary N) is 1. The Labute approximate surface area is 235 Å². The number of aryl methyl sites for hydroxylation is 4. The van der Waals surface area contributed by atoms with Gasteiger partial charge in [0.05, 0.1) is 16.7 Å². The Balaban J connectivity index is 1.32. The minimum absolute atomic E-state index is 0.111. The quantitative estimate of drug-likeness (QED) is 0.238. The molecule has 0 bridgehead atoms. The van der Waals surface area contributed by atoms with Crippen LogP contribution in [0.15, 0.2) is 66.9 Å². The van der Waals surface area contributed by atoms with Crippen LogP contribution in [0.5, 0.6) is 0 Å². The van der Waals surface area contributed by atoms with Crippen molar-refractivity contribution in [3.05, 3.63) is 89.6 Å². The zero-order valence-electron chi connectivity index (χ0n) is 22.9. The molecule has 0 saturated heterocycles. The Hall–Kier alpha value is -4.40. The Morgan fingerprint density at radius 3 is 2.51 bits per heavy atom. The number of amides is 1. The Kier molecular flexibility index (Phi) is 6.89. The van der Waals surface area contributed by atoms with Gasteiger partial charge in [0.2, 0.25) is 0 Å². The van der Waals surface area contributed by atoms with E-state index in [0.717, 1.165) is 64.5 Å². The van der Waals surface area contributed by atoms with Gasteiger partial charge in [-0.2, -0.15) is 13.2 Å². The summed E-state index contributed by atoms with van der Waals surface area (Å²) in [5, 5.41) is 1.99. The third kappa shape index (κ3) is 5.24. The van der Waals surface area contributed by atoms with Crippen LogP contribution < -0.4 is 5.32 Å². The molecule has 3 aromatic carbocycles. The van der Waals surface area contributed by atoms with Crippen LogP contribution in [0.3, 0.4) is 0 Å². The maximum Gasteiger partial charge on any atom is 0.471 e. The van der Waals surface area contributed by atoms with Crippen molar-refractivity contribution >= 4 is 22.6 Å². The summed E-state index contributed by atoms with van der Waals surface area (Å²) in [5.74, 6) is 0.131. The molecule has 1 amide bonds. The number of carbonyl (C=O) groups is 1. The fourth-order valence-corrected chi connectivity index (χ4v) is 5.60. The summed E-state index contributed by atoms with van der Waals surface area (Å²) in [6.45, 7) is 5.78. The van der Waals surface area contributed by atoms with E-state index in [1.807, 2.05) is 29.6 Å². The van der Waals surface area contributed by atoms with E-state index in [4.69, 9.17) is 9.97 Å². The van der Waals surface area contributed by atoms with E-state index in [1.54, 1.807) is 18.2 Å². The molecule has 0 saturated carbocycles. The van der Waals surface area contributed by atoms with E-state index in [1.165, 1.54) is 18.9 Å². The van der Waals surface area contributed by atoms with Crippen LogP contribution in [0.2, 0.25) is 0 Å². The number of anilines is 1. The second-order valence-corrected chi connectivity index (χ2v) is 10.5. The first-order valence-electron chi connectivity index (χ1n) is 13.8. The molecule has 0 spiro atoms. The molecular formula is C32H30F3N5O. The van der Waals surface area contributed by atoms with Gasteiger partial charge in [-0.25, -0.2) is 9.97 Å². The molecule has 210 valence electrons. The summed E-state index contributed by atoms with van der Waals surface area (Å²) in [6, 6.07) is 18.5. The summed E-state index contributed by atoms with van der Waals surface area (Å²) in [4.78, 5) is 21.4. The molecule has 1 aliphatic heterocycles. The molecule has 1 aliphatic rings. The third-order valence-electron chi connectivity index (χ3n) is 7.68. The van der Waals surface area contributed by atoms with Crippen LogP contribution in [0.25, 0.3) is 33.4 Å². The minimum Gasteiger partial charge on any atom is -0.334 e. The number of carbonyl (C=O) groups excluding carboxylic acids is 1. The highest BCUT2D eigenvalue weighted by atomic mass is 19.4. The first-order chi connectivity index (χ1) is 19.7. The highest BCUT2D eigenvalue weighted by Crippen LogP contribution is 2.32. The van der Waals surface area contributed by atoms with Gasteiger partial charge in [-0.3, -0.25) is 4.79 Å². The van der Waals surface area contributed by atoms with Crippen molar-refractivity contribution in [2.75, 3.05) is 5.32 Å². The molecule has 5 aromatic rings. The van der Waals surface area contributed by atoms with Crippen LogP contribution in [-0.2, 0) is 30.7 Å². The molecule has 9 heteroatoms. The number of nitrogens with zero attached hydrogens (tertiary/aromatic N) is 4. The average Bonchev–Trinajstić information content (AvgIpc) is 3.55. The van der Waals surface area contributed by atoms with Gasteiger partial charge in [0, 0.05) is 48.9 Å². The lowest BCUT2D eigenvalue weighted by Gasteiger charge is -2.14. The Bertz CT molecular complexity index is 1720. The van der Waals surface area contributed by atoms with E-state index in [9.17, 15) is 18.0 Å². The van der Waals surface area contributed by atoms with Crippen LogP contribution >= 0.6 is 0 Å². The van der Waals surface area contributed by atoms with Crippen molar-refractivity contribution in [1.82, 2.24) is 19.1 Å². The second-order valence-electron chi connectivity index (χ2n) is 10.5. The molecule has 6 rings (SSSR count). The van der Waals surface area contributed by atoms with Gasteiger partial charge in [-0.1, -0.05) is 49.4 Å². The monoisotopic (exact) mass is 557 g/mol. The normalized spacial score (nSPS) is 13.4. The van der Waals surface area contributed by atoms with Gasteiger partial charge < -0.3 is 14.5 Å². The van der Waals surface area contributed by atoms with Gasteiger partial charge in [-0.15, -0.1) is 0 Å². The fraction of sp³-hybridized carbons (Fsp3) is 0.281. The predicted octanol–water partition coefficient (Wildman–Crippen LogP) is 7.32. The molecule has 41 heavy (non-hydrogen) atoms. The number of imidazole rings is 2. The molecule has 2 aromatic heterocycles. The number of benzene rings is 3. The lowest BCUT2D eigenvalue weighted by Crippen LogP contribution is -2.30. The number of hydrogen-bond donors (Lipinski definition) is 1. The number of rotatable bonds is 6. The van der Waals surface area contributed by atoms with Crippen LogP contribution in [-0.4, -0.2) is 31.2 Å². The standard InChI is InChI=1S/C32H30F3N5O/c1-3-28-38-30-20(2)16-23(26-19-39-15-7-6-10-29(39)36-26)17-27(30)40(28)18-21-11-13-22(14-12-21)24-8-4-5-9-25(24)37-31(41)32(33,34)35/h4-5,8-9,11-14,16-17,19H,3,6-7,10,15,18H2,1-2H3,(H,37,41). The van der Waals surface area contributed by atoms with Crippen molar-refractivity contribution in [3.63, 3.8) is 0 Å². The van der Waals surface area contributed by atoms with E-state index in [-0.39, 0.29) is 5.69 Å². The lowest BCUT2D eigenvalue weighted by atomic mass is 10.0. The van der Waals surface area contributed by atoms with Crippen LogP contribution in [0, 0.1) is 6.92 Å². The van der Waals surface area contributed by atoms with Crippen LogP contribution in [0.4, 0.5) is 18.9 Å².